The summed E-state index contributed by atoms with van der Waals surface area (Å²) >= 11 is 5.97. The number of nitrogens with one attached hydrogen (secondary N) is 2. The Balaban J connectivity index is 2.01. The van der Waals surface area contributed by atoms with Gasteiger partial charge in [-0.15, -0.1) is 0 Å². The fraction of sp³-hybridized carbons (Fsp3) is 0.421. The van der Waals surface area contributed by atoms with E-state index in [1.165, 1.54) is 0 Å². The highest BCUT2D eigenvalue weighted by Gasteiger charge is 2.11. The molecule has 2 aromatic rings. The highest BCUT2D eigenvalue weighted by Crippen LogP contribution is 2.22. The SMILES string of the molecule is Cc1cc(CNC(=O)NCCC(C)C)c(C)n1-c1ccc(Cl)cc1. The molecule has 5 heteroatoms. The molecule has 0 saturated heterocycles. The Morgan fingerprint density at radius 3 is 2.46 bits per heavy atom. The number of hydrogen-bond donors (Lipinski definition) is 2. The van der Waals surface area contributed by atoms with Crippen LogP contribution in [0.1, 0.15) is 37.2 Å². The Bertz CT molecular complexity index is 689. The summed E-state index contributed by atoms with van der Waals surface area (Å²) in [4.78, 5) is 11.9. The molecule has 1 aromatic carbocycles. The predicted molar refractivity (Wildman–Crippen MR) is 99.9 cm³/mol. The number of benzene rings is 1. The molecular weight excluding hydrogens is 322 g/mol. The molecule has 1 aromatic heterocycles. The third kappa shape index (κ3) is 4.78. The van der Waals surface area contributed by atoms with Crippen LogP contribution >= 0.6 is 11.6 Å². The van der Waals surface area contributed by atoms with Crippen LogP contribution in [-0.2, 0) is 6.54 Å². The number of amides is 2. The molecule has 2 rings (SSSR count). The van der Waals surface area contributed by atoms with Crippen molar-refractivity contribution in [2.75, 3.05) is 6.54 Å². The minimum atomic E-state index is -0.119. The van der Waals surface area contributed by atoms with Gasteiger partial charge in [-0.1, -0.05) is 25.4 Å². The van der Waals surface area contributed by atoms with E-state index in [1.54, 1.807) is 0 Å². The maximum Gasteiger partial charge on any atom is 0.315 e. The van der Waals surface area contributed by atoms with Crippen LogP contribution in [0.2, 0.25) is 5.02 Å². The van der Waals surface area contributed by atoms with Gasteiger partial charge in [0.25, 0.3) is 0 Å². The van der Waals surface area contributed by atoms with Crippen LogP contribution in [-0.4, -0.2) is 17.1 Å². The van der Waals surface area contributed by atoms with Crippen molar-refractivity contribution in [1.29, 1.82) is 0 Å². The molecule has 0 aliphatic rings. The fourth-order valence-electron chi connectivity index (χ4n) is 2.71. The third-order valence-corrected chi connectivity index (χ3v) is 4.32. The summed E-state index contributed by atoms with van der Waals surface area (Å²) in [6.07, 6.45) is 0.985. The lowest BCUT2D eigenvalue weighted by molar-refractivity contribution is 0.240. The molecule has 130 valence electrons. The standard InChI is InChI=1S/C19H26ClN3O/c1-13(2)9-10-21-19(24)22-12-16-11-14(3)23(15(16)4)18-7-5-17(20)6-8-18/h5-8,11,13H,9-10,12H2,1-4H3,(H2,21,22,24). The van der Waals surface area contributed by atoms with E-state index in [1.807, 2.05) is 24.3 Å². The van der Waals surface area contributed by atoms with Gasteiger partial charge in [0, 0.05) is 35.2 Å². The molecule has 4 nitrogen and oxygen atoms in total. The molecule has 0 radical (unpaired) electrons. The predicted octanol–water partition coefficient (Wildman–Crippen LogP) is 4.59. The van der Waals surface area contributed by atoms with Gasteiger partial charge in [0.1, 0.15) is 0 Å². The molecule has 0 aliphatic heterocycles. The number of urea groups is 1. The molecule has 24 heavy (non-hydrogen) atoms. The van der Waals surface area contributed by atoms with E-state index in [4.69, 9.17) is 11.6 Å². The number of hydrogen-bond acceptors (Lipinski definition) is 1. The van der Waals surface area contributed by atoms with Crippen molar-refractivity contribution in [3.05, 3.63) is 52.3 Å². The zero-order chi connectivity index (χ0) is 17.7. The van der Waals surface area contributed by atoms with Crippen LogP contribution in [0.3, 0.4) is 0 Å². The van der Waals surface area contributed by atoms with Crippen molar-refractivity contribution < 1.29 is 4.79 Å². The Morgan fingerprint density at radius 2 is 1.83 bits per heavy atom. The lowest BCUT2D eigenvalue weighted by Crippen LogP contribution is -2.36. The average Bonchev–Trinajstić information content (AvgIpc) is 2.80. The van der Waals surface area contributed by atoms with Gasteiger partial charge >= 0.3 is 6.03 Å². The van der Waals surface area contributed by atoms with Gasteiger partial charge in [0.2, 0.25) is 0 Å². The minimum Gasteiger partial charge on any atom is -0.338 e. The molecule has 0 saturated carbocycles. The Kier molecular flexibility index (Phi) is 6.32. The van der Waals surface area contributed by atoms with Gasteiger partial charge in [0.05, 0.1) is 0 Å². The smallest absolute Gasteiger partial charge is 0.315 e. The molecule has 0 atom stereocenters. The molecular formula is C19H26ClN3O. The number of aromatic nitrogens is 1. The molecule has 1 heterocycles. The van der Waals surface area contributed by atoms with Gasteiger partial charge in [-0.3, -0.25) is 0 Å². The Hall–Kier alpha value is -1.94. The lowest BCUT2D eigenvalue weighted by Gasteiger charge is -2.11. The van der Waals surface area contributed by atoms with Crippen LogP contribution in [0.15, 0.2) is 30.3 Å². The largest absolute Gasteiger partial charge is 0.338 e. The van der Waals surface area contributed by atoms with Gasteiger partial charge in [-0.25, -0.2) is 4.79 Å². The number of halogens is 1. The molecule has 0 aliphatic carbocycles. The van der Waals surface area contributed by atoms with E-state index in [0.29, 0.717) is 19.0 Å². The normalized spacial score (nSPS) is 10.9. The van der Waals surface area contributed by atoms with E-state index in [0.717, 1.165) is 34.1 Å². The fourth-order valence-corrected chi connectivity index (χ4v) is 2.83. The summed E-state index contributed by atoms with van der Waals surface area (Å²) in [5.74, 6) is 0.587. The molecule has 0 unspecified atom stereocenters. The number of carbonyl (C=O) groups excluding carboxylic acids is 1. The van der Waals surface area contributed by atoms with Crippen molar-refractivity contribution in [1.82, 2.24) is 15.2 Å². The third-order valence-electron chi connectivity index (χ3n) is 4.07. The van der Waals surface area contributed by atoms with Crippen LogP contribution in [0.5, 0.6) is 0 Å². The number of carbonyl (C=O) groups is 1. The second kappa shape index (κ2) is 8.25. The van der Waals surface area contributed by atoms with Crippen molar-refractivity contribution in [2.24, 2.45) is 5.92 Å². The topological polar surface area (TPSA) is 46.1 Å². The van der Waals surface area contributed by atoms with E-state index in [2.05, 4.69) is 49.0 Å². The molecule has 2 N–H and O–H groups in total. The first-order valence-electron chi connectivity index (χ1n) is 8.34. The van der Waals surface area contributed by atoms with Crippen LogP contribution in [0, 0.1) is 19.8 Å². The zero-order valence-electron chi connectivity index (χ0n) is 14.8. The van der Waals surface area contributed by atoms with Gasteiger partial charge < -0.3 is 15.2 Å². The lowest BCUT2D eigenvalue weighted by atomic mass is 10.1. The van der Waals surface area contributed by atoms with Crippen LogP contribution < -0.4 is 10.6 Å². The van der Waals surface area contributed by atoms with Crippen molar-refractivity contribution in [3.8, 4) is 5.69 Å². The summed E-state index contributed by atoms with van der Waals surface area (Å²) in [5, 5.41) is 6.54. The first-order chi connectivity index (χ1) is 11.4. The van der Waals surface area contributed by atoms with Crippen molar-refractivity contribution >= 4 is 17.6 Å². The Labute approximate surface area is 149 Å². The maximum absolute atomic E-state index is 11.9. The Morgan fingerprint density at radius 1 is 1.17 bits per heavy atom. The summed E-state index contributed by atoms with van der Waals surface area (Å²) in [6, 6.07) is 9.76. The number of nitrogens with zero attached hydrogens (tertiary/aromatic N) is 1. The van der Waals surface area contributed by atoms with Crippen molar-refractivity contribution in [2.45, 2.75) is 40.7 Å². The van der Waals surface area contributed by atoms with Crippen molar-refractivity contribution in [3.63, 3.8) is 0 Å². The second-order valence-corrected chi connectivity index (χ2v) is 6.94. The second-order valence-electron chi connectivity index (χ2n) is 6.50. The van der Waals surface area contributed by atoms with Crippen LogP contribution in [0.25, 0.3) is 5.69 Å². The quantitative estimate of drug-likeness (QED) is 0.788. The monoisotopic (exact) mass is 347 g/mol. The number of aryl methyl sites for hydroxylation is 1. The first-order valence-corrected chi connectivity index (χ1v) is 8.71. The van der Waals surface area contributed by atoms with Gasteiger partial charge in [-0.05, 0) is 62.1 Å². The summed E-state index contributed by atoms with van der Waals surface area (Å²) in [6.45, 7) is 9.63. The maximum atomic E-state index is 11.9. The molecule has 0 spiro atoms. The summed E-state index contributed by atoms with van der Waals surface area (Å²) < 4.78 is 2.17. The van der Waals surface area contributed by atoms with E-state index >= 15 is 0 Å². The summed E-state index contributed by atoms with van der Waals surface area (Å²) in [5.41, 5.74) is 4.44. The zero-order valence-corrected chi connectivity index (χ0v) is 15.6. The highest BCUT2D eigenvalue weighted by molar-refractivity contribution is 6.30. The van der Waals surface area contributed by atoms with Crippen LogP contribution in [0.4, 0.5) is 4.79 Å². The van der Waals surface area contributed by atoms with E-state index in [9.17, 15) is 4.79 Å². The number of rotatable bonds is 6. The van der Waals surface area contributed by atoms with Gasteiger partial charge in [-0.2, -0.15) is 0 Å². The molecule has 2 amide bonds. The molecule has 0 fully saturated rings. The van der Waals surface area contributed by atoms with E-state index in [-0.39, 0.29) is 6.03 Å². The average molecular weight is 348 g/mol. The van der Waals surface area contributed by atoms with Gasteiger partial charge in [0.15, 0.2) is 0 Å². The highest BCUT2D eigenvalue weighted by atomic mass is 35.5. The molecule has 0 bridgehead atoms. The van der Waals surface area contributed by atoms with E-state index < -0.39 is 0 Å². The summed E-state index contributed by atoms with van der Waals surface area (Å²) in [7, 11) is 0. The minimum absolute atomic E-state index is 0.119. The first kappa shape index (κ1) is 18.4.